The SMILES string of the molecule is C=CCCOCCNC(=O)NC(CC(=O)O)C1CC1. The van der Waals surface area contributed by atoms with E-state index in [0.717, 1.165) is 19.3 Å². The number of ether oxygens (including phenoxy) is 1. The second-order valence-corrected chi connectivity index (χ2v) is 4.63. The fourth-order valence-electron chi connectivity index (χ4n) is 1.75. The minimum Gasteiger partial charge on any atom is -0.481 e. The van der Waals surface area contributed by atoms with Crippen LogP contribution in [0.15, 0.2) is 12.7 Å². The minimum atomic E-state index is -0.884. The zero-order chi connectivity index (χ0) is 14.1. The first-order valence-electron chi connectivity index (χ1n) is 6.58. The van der Waals surface area contributed by atoms with Crippen molar-refractivity contribution in [2.24, 2.45) is 5.92 Å². The molecule has 1 saturated carbocycles. The molecule has 0 saturated heterocycles. The highest BCUT2D eigenvalue weighted by atomic mass is 16.5. The van der Waals surface area contributed by atoms with E-state index in [9.17, 15) is 9.59 Å². The van der Waals surface area contributed by atoms with Gasteiger partial charge in [0.1, 0.15) is 0 Å². The van der Waals surface area contributed by atoms with Gasteiger partial charge >= 0.3 is 12.0 Å². The highest BCUT2D eigenvalue weighted by Crippen LogP contribution is 2.33. The smallest absolute Gasteiger partial charge is 0.315 e. The fraction of sp³-hybridized carbons (Fsp3) is 0.692. The van der Waals surface area contributed by atoms with E-state index >= 15 is 0 Å². The monoisotopic (exact) mass is 270 g/mol. The lowest BCUT2D eigenvalue weighted by Gasteiger charge is -2.16. The zero-order valence-electron chi connectivity index (χ0n) is 11.1. The Kier molecular flexibility index (Phi) is 6.95. The third-order valence-corrected chi connectivity index (χ3v) is 2.90. The largest absolute Gasteiger partial charge is 0.481 e. The summed E-state index contributed by atoms with van der Waals surface area (Å²) in [6.45, 7) is 5.02. The van der Waals surface area contributed by atoms with Crippen LogP contribution < -0.4 is 10.6 Å². The standard InChI is InChI=1S/C13H22N2O4/c1-2-3-7-19-8-6-14-13(18)15-11(9-12(16)17)10-4-5-10/h2,10-11H,1,3-9H2,(H,16,17)(H2,14,15,18). The number of carbonyl (C=O) groups excluding carboxylic acids is 1. The number of carboxylic acid groups (broad SMARTS) is 1. The molecule has 0 aromatic heterocycles. The summed E-state index contributed by atoms with van der Waals surface area (Å²) in [5.41, 5.74) is 0. The van der Waals surface area contributed by atoms with Crippen LogP contribution in [0.1, 0.15) is 25.7 Å². The molecule has 0 spiro atoms. The quantitative estimate of drug-likeness (QED) is 0.410. The van der Waals surface area contributed by atoms with Crippen molar-refractivity contribution in [3.8, 4) is 0 Å². The lowest BCUT2D eigenvalue weighted by molar-refractivity contribution is -0.137. The van der Waals surface area contributed by atoms with E-state index < -0.39 is 5.97 Å². The number of carbonyl (C=O) groups is 2. The Balaban J connectivity index is 2.10. The van der Waals surface area contributed by atoms with Gasteiger partial charge in [0.25, 0.3) is 0 Å². The van der Waals surface area contributed by atoms with Gasteiger partial charge in [-0.25, -0.2) is 4.79 Å². The van der Waals surface area contributed by atoms with Gasteiger partial charge < -0.3 is 20.5 Å². The highest BCUT2D eigenvalue weighted by Gasteiger charge is 2.33. The molecular weight excluding hydrogens is 248 g/mol. The van der Waals surface area contributed by atoms with Crippen LogP contribution in [0.2, 0.25) is 0 Å². The molecule has 0 aromatic rings. The van der Waals surface area contributed by atoms with Gasteiger partial charge in [-0.05, 0) is 25.2 Å². The summed E-state index contributed by atoms with van der Waals surface area (Å²) in [5, 5.41) is 14.1. The Labute approximate surface area is 113 Å². The number of aliphatic carboxylic acids is 1. The molecule has 6 nitrogen and oxygen atoms in total. The van der Waals surface area contributed by atoms with E-state index in [2.05, 4.69) is 17.2 Å². The van der Waals surface area contributed by atoms with Crippen molar-refractivity contribution in [1.29, 1.82) is 0 Å². The maximum absolute atomic E-state index is 11.6. The predicted octanol–water partition coefficient (Wildman–Crippen LogP) is 1.13. The van der Waals surface area contributed by atoms with E-state index in [1.807, 2.05) is 0 Å². The van der Waals surface area contributed by atoms with Crippen LogP contribution in [-0.4, -0.2) is 42.9 Å². The van der Waals surface area contributed by atoms with Crippen LogP contribution in [0.3, 0.4) is 0 Å². The normalized spacial score (nSPS) is 15.6. The highest BCUT2D eigenvalue weighted by molar-refractivity contribution is 5.75. The van der Waals surface area contributed by atoms with Gasteiger partial charge in [0, 0.05) is 12.6 Å². The molecule has 1 atom stereocenters. The van der Waals surface area contributed by atoms with Crippen LogP contribution in [0, 0.1) is 5.92 Å². The Morgan fingerprint density at radius 1 is 1.42 bits per heavy atom. The number of carboxylic acids is 1. The van der Waals surface area contributed by atoms with E-state index in [1.54, 1.807) is 6.08 Å². The van der Waals surface area contributed by atoms with Gasteiger partial charge in [-0.1, -0.05) is 6.08 Å². The van der Waals surface area contributed by atoms with E-state index in [-0.39, 0.29) is 18.5 Å². The van der Waals surface area contributed by atoms with Gasteiger partial charge in [-0.15, -0.1) is 6.58 Å². The fourth-order valence-corrected chi connectivity index (χ4v) is 1.75. The Morgan fingerprint density at radius 2 is 2.16 bits per heavy atom. The van der Waals surface area contributed by atoms with E-state index in [0.29, 0.717) is 25.7 Å². The first kappa shape index (κ1) is 15.5. The zero-order valence-corrected chi connectivity index (χ0v) is 11.1. The Bertz CT molecular complexity index is 316. The molecule has 3 N–H and O–H groups in total. The van der Waals surface area contributed by atoms with Crippen LogP contribution in [-0.2, 0) is 9.53 Å². The summed E-state index contributed by atoms with van der Waals surface area (Å²) in [6, 6.07) is -0.593. The summed E-state index contributed by atoms with van der Waals surface area (Å²) in [5.74, 6) is -0.573. The van der Waals surface area contributed by atoms with Crippen LogP contribution in [0.5, 0.6) is 0 Å². The molecule has 108 valence electrons. The third kappa shape index (κ3) is 7.46. The van der Waals surface area contributed by atoms with Crippen molar-refractivity contribution in [2.45, 2.75) is 31.7 Å². The second kappa shape index (κ2) is 8.53. The van der Waals surface area contributed by atoms with Crippen molar-refractivity contribution >= 4 is 12.0 Å². The van der Waals surface area contributed by atoms with Gasteiger partial charge in [-0.3, -0.25) is 4.79 Å². The molecule has 1 fully saturated rings. The molecule has 0 heterocycles. The Hall–Kier alpha value is -1.56. The molecule has 1 rings (SSSR count). The van der Waals surface area contributed by atoms with E-state index in [1.165, 1.54) is 0 Å². The number of rotatable bonds is 10. The summed E-state index contributed by atoms with van der Waals surface area (Å²) in [6.07, 6.45) is 4.51. The molecule has 19 heavy (non-hydrogen) atoms. The van der Waals surface area contributed by atoms with Crippen molar-refractivity contribution in [1.82, 2.24) is 10.6 Å². The Morgan fingerprint density at radius 3 is 2.74 bits per heavy atom. The maximum atomic E-state index is 11.6. The molecule has 0 radical (unpaired) electrons. The number of nitrogens with one attached hydrogen (secondary N) is 2. The van der Waals surface area contributed by atoms with Crippen molar-refractivity contribution in [3.05, 3.63) is 12.7 Å². The third-order valence-electron chi connectivity index (χ3n) is 2.90. The molecule has 6 heteroatoms. The number of amides is 2. The number of hydrogen-bond acceptors (Lipinski definition) is 3. The van der Waals surface area contributed by atoms with Gasteiger partial charge in [0.15, 0.2) is 0 Å². The summed E-state index contributed by atoms with van der Waals surface area (Å²) < 4.78 is 5.25. The minimum absolute atomic E-state index is 0.0199. The average molecular weight is 270 g/mol. The summed E-state index contributed by atoms with van der Waals surface area (Å²) in [7, 11) is 0. The molecular formula is C13H22N2O4. The molecule has 1 aliphatic rings. The summed E-state index contributed by atoms with van der Waals surface area (Å²) in [4.78, 5) is 22.3. The molecule has 1 aliphatic carbocycles. The predicted molar refractivity (Wildman–Crippen MR) is 70.9 cm³/mol. The van der Waals surface area contributed by atoms with Gasteiger partial charge in [-0.2, -0.15) is 0 Å². The first-order chi connectivity index (χ1) is 9.13. The van der Waals surface area contributed by atoms with Crippen LogP contribution in [0.25, 0.3) is 0 Å². The number of urea groups is 1. The second-order valence-electron chi connectivity index (χ2n) is 4.63. The number of hydrogen-bond donors (Lipinski definition) is 3. The van der Waals surface area contributed by atoms with E-state index in [4.69, 9.17) is 9.84 Å². The molecule has 2 amide bonds. The van der Waals surface area contributed by atoms with Gasteiger partial charge in [0.05, 0.1) is 19.6 Å². The molecule has 1 unspecified atom stereocenters. The topological polar surface area (TPSA) is 87.7 Å². The summed E-state index contributed by atoms with van der Waals surface area (Å²) >= 11 is 0. The molecule has 0 aromatic carbocycles. The lowest BCUT2D eigenvalue weighted by Crippen LogP contribution is -2.45. The lowest BCUT2D eigenvalue weighted by atomic mass is 10.1. The van der Waals surface area contributed by atoms with Crippen molar-refractivity contribution in [3.63, 3.8) is 0 Å². The molecule has 0 aliphatic heterocycles. The molecule has 0 bridgehead atoms. The van der Waals surface area contributed by atoms with Crippen molar-refractivity contribution in [2.75, 3.05) is 19.8 Å². The average Bonchev–Trinajstić information content (AvgIpc) is 3.16. The van der Waals surface area contributed by atoms with Gasteiger partial charge in [0.2, 0.25) is 0 Å². The van der Waals surface area contributed by atoms with Crippen molar-refractivity contribution < 1.29 is 19.4 Å². The van der Waals surface area contributed by atoms with Crippen LogP contribution in [0.4, 0.5) is 4.79 Å². The first-order valence-corrected chi connectivity index (χ1v) is 6.58. The van der Waals surface area contributed by atoms with Crippen LogP contribution >= 0.6 is 0 Å². The maximum Gasteiger partial charge on any atom is 0.315 e.